The highest BCUT2D eigenvalue weighted by atomic mass is 16.5. The molecule has 0 aliphatic heterocycles. The molecular weight excluding hydrogens is 326 g/mol. The number of ether oxygens (including phenoxy) is 3. The summed E-state index contributed by atoms with van der Waals surface area (Å²) in [5.74, 6) is 0.818. The highest BCUT2D eigenvalue weighted by Gasteiger charge is 2.16. The lowest BCUT2D eigenvalue weighted by Crippen LogP contribution is -2.26. The van der Waals surface area contributed by atoms with Crippen LogP contribution in [0.5, 0.6) is 17.2 Å². The standard InChI is InChI=1S/C17H21N3O5/c1-5-8-20-15(21)7-6-12(19-20)17(22)18-11-9-13(23-2)16(25-4)14(10-11)24-3/h6-7,9-10H,5,8H2,1-4H3,(H,18,22). The van der Waals surface area contributed by atoms with Crippen molar-refractivity contribution in [3.05, 3.63) is 40.3 Å². The summed E-state index contributed by atoms with van der Waals surface area (Å²) < 4.78 is 17.0. The Morgan fingerprint density at radius 1 is 1.12 bits per heavy atom. The van der Waals surface area contributed by atoms with Gasteiger partial charge in [0.25, 0.3) is 11.5 Å². The number of rotatable bonds is 7. The van der Waals surface area contributed by atoms with Crippen LogP contribution in [-0.2, 0) is 6.54 Å². The van der Waals surface area contributed by atoms with E-state index < -0.39 is 5.91 Å². The third-order valence-electron chi connectivity index (χ3n) is 3.46. The van der Waals surface area contributed by atoms with Crippen molar-refractivity contribution >= 4 is 11.6 Å². The van der Waals surface area contributed by atoms with Gasteiger partial charge in [-0.1, -0.05) is 6.92 Å². The van der Waals surface area contributed by atoms with Crippen LogP contribution in [0.2, 0.25) is 0 Å². The van der Waals surface area contributed by atoms with Gasteiger partial charge in [0, 0.05) is 30.4 Å². The smallest absolute Gasteiger partial charge is 0.276 e. The summed E-state index contributed by atoms with van der Waals surface area (Å²) in [6.45, 7) is 2.38. The monoisotopic (exact) mass is 347 g/mol. The summed E-state index contributed by atoms with van der Waals surface area (Å²) in [6, 6.07) is 5.94. The molecule has 1 aromatic carbocycles. The summed E-state index contributed by atoms with van der Waals surface area (Å²) in [5.41, 5.74) is 0.350. The van der Waals surface area contributed by atoms with Crippen molar-refractivity contribution in [3.63, 3.8) is 0 Å². The minimum absolute atomic E-state index is 0.141. The average Bonchev–Trinajstić information content (AvgIpc) is 2.62. The van der Waals surface area contributed by atoms with Gasteiger partial charge in [-0.05, 0) is 12.5 Å². The first-order valence-electron chi connectivity index (χ1n) is 7.73. The van der Waals surface area contributed by atoms with E-state index in [-0.39, 0.29) is 11.3 Å². The third kappa shape index (κ3) is 4.09. The van der Waals surface area contributed by atoms with Crippen molar-refractivity contribution in [2.45, 2.75) is 19.9 Å². The zero-order valence-corrected chi connectivity index (χ0v) is 14.7. The van der Waals surface area contributed by atoms with Gasteiger partial charge in [0.1, 0.15) is 5.69 Å². The number of anilines is 1. The molecule has 0 aliphatic rings. The van der Waals surface area contributed by atoms with Gasteiger partial charge in [-0.2, -0.15) is 5.10 Å². The van der Waals surface area contributed by atoms with E-state index in [1.165, 1.54) is 38.1 Å². The van der Waals surface area contributed by atoms with E-state index >= 15 is 0 Å². The number of benzene rings is 1. The molecule has 0 saturated carbocycles. The Bertz CT molecular complexity index is 791. The van der Waals surface area contributed by atoms with E-state index in [4.69, 9.17) is 14.2 Å². The third-order valence-corrected chi connectivity index (χ3v) is 3.46. The van der Waals surface area contributed by atoms with E-state index in [0.717, 1.165) is 6.42 Å². The summed E-state index contributed by atoms with van der Waals surface area (Å²) in [5, 5.41) is 6.80. The summed E-state index contributed by atoms with van der Waals surface area (Å²) in [4.78, 5) is 24.1. The molecule has 2 rings (SSSR count). The minimum atomic E-state index is -0.445. The highest BCUT2D eigenvalue weighted by Crippen LogP contribution is 2.39. The lowest BCUT2D eigenvalue weighted by molar-refractivity contribution is 0.101. The number of methoxy groups -OCH3 is 3. The molecule has 0 aliphatic carbocycles. The molecule has 25 heavy (non-hydrogen) atoms. The quantitative estimate of drug-likeness (QED) is 0.823. The normalized spacial score (nSPS) is 10.2. The van der Waals surface area contributed by atoms with Gasteiger partial charge in [0.05, 0.1) is 21.3 Å². The molecule has 8 nitrogen and oxygen atoms in total. The zero-order valence-electron chi connectivity index (χ0n) is 14.7. The summed E-state index contributed by atoms with van der Waals surface area (Å²) in [7, 11) is 4.48. The zero-order chi connectivity index (χ0) is 18.4. The fraction of sp³-hybridized carbons (Fsp3) is 0.353. The predicted octanol–water partition coefficient (Wildman–Crippen LogP) is 1.93. The fourth-order valence-corrected chi connectivity index (χ4v) is 2.29. The second-order valence-corrected chi connectivity index (χ2v) is 5.15. The molecule has 0 atom stereocenters. The van der Waals surface area contributed by atoms with Crippen LogP contribution in [0, 0.1) is 0 Å². The first kappa shape index (κ1) is 18.3. The van der Waals surface area contributed by atoms with Gasteiger partial charge < -0.3 is 19.5 Å². The maximum absolute atomic E-state index is 12.4. The Morgan fingerprint density at radius 2 is 1.76 bits per heavy atom. The van der Waals surface area contributed by atoms with Crippen LogP contribution in [0.1, 0.15) is 23.8 Å². The fourth-order valence-electron chi connectivity index (χ4n) is 2.29. The van der Waals surface area contributed by atoms with E-state index in [0.29, 0.717) is 29.5 Å². The number of carbonyl (C=O) groups excluding carboxylic acids is 1. The molecular formula is C17H21N3O5. The molecule has 1 amide bonds. The van der Waals surface area contributed by atoms with Gasteiger partial charge in [-0.3, -0.25) is 9.59 Å². The summed E-state index contributed by atoms with van der Waals surface area (Å²) >= 11 is 0. The molecule has 0 unspecified atom stereocenters. The SMILES string of the molecule is CCCn1nc(C(=O)Nc2cc(OC)c(OC)c(OC)c2)ccc1=O. The Balaban J connectivity index is 2.31. The molecule has 0 spiro atoms. The van der Waals surface area contributed by atoms with Crippen molar-refractivity contribution in [1.82, 2.24) is 9.78 Å². The lowest BCUT2D eigenvalue weighted by Gasteiger charge is -2.14. The van der Waals surface area contributed by atoms with Crippen LogP contribution < -0.4 is 25.1 Å². The first-order valence-corrected chi connectivity index (χ1v) is 7.73. The number of aromatic nitrogens is 2. The predicted molar refractivity (Wildman–Crippen MR) is 92.8 cm³/mol. The molecule has 2 aromatic rings. The molecule has 0 saturated heterocycles. The van der Waals surface area contributed by atoms with E-state index in [9.17, 15) is 9.59 Å². The van der Waals surface area contributed by atoms with Crippen molar-refractivity contribution in [1.29, 1.82) is 0 Å². The Hall–Kier alpha value is -3.03. The maximum Gasteiger partial charge on any atom is 0.276 e. The van der Waals surface area contributed by atoms with Gasteiger partial charge in [-0.25, -0.2) is 4.68 Å². The van der Waals surface area contributed by atoms with E-state index in [1.807, 2.05) is 6.92 Å². The Labute approximate surface area is 145 Å². The molecule has 1 N–H and O–H groups in total. The molecule has 134 valence electrons. The second-order valence-electron chi connectivity index (χ2n) is 5.15. The number of aryl methyl sites for hydroxylation is 1. The maximum atomic E-state index is 12.4. The number of carbonyl (C=O) groups is 1. The van der Waals surface area contributed by atoms with Gasteiger partial charge in [0.15, 0.2) is 11.5 Å². The van der Waals surface area contributed by atoms with Crippen LogP contribution in [0.15, 0.2) is 29.1 Å². The van der Waals surface area contributed by atoms with Crippen LogP contribution in [0.25, 0.3) is 0 Å². The number of nitrogens with one attached hydrogen (secondary N) is 1. The minimum Gasteiger partial charge on any atom is -0.493 e. The van der Waals surface area contributed by atoms with E-state index in [2.05, 4.69) is 10.4 Å². The molecule has 0 fully saturated rings. The van der Waals surface area contributed by atoms with Crippen LogP contribution in [0.3, 0.4) is 0 Å². The Morgan fingerprint density at radius 3 is 2.28 bits per heavy atom. The van der Waals surface area contributed by atoms with Crippen molar-refractivity contribution < 1.29 is 19.0 Å². The van der Waals surface area contributed by atoms with Crippen LogP contribution >= 0.6 is 0 Å². The molecule has 0 radical (unpaired) electrons. The molecule has 1 aromatic heterocycles. The molecule has 1 heterocycles. The molecule has 8 heteroatoms. The Kier molecular flexibility index (Phi) is 5.99. The van der Waals surface area contributed by atoms with Crippen LogP contribution in [0.4, 0.5) is 5.69 Å². The topological polar surface area (TPSA) is 91.7 Å². The second kappa shape index (κ2) is 8.18. The van der Waals surface area contributed by atoms with Gasteiger partial charge >= 0.3 is 0 Å². The van der Waals surface area contributed by atoms with E-state index in [1.54, 1.807) is 12.1 Å². The summed E-state index contributed by atoms with van der Waals surface area (Å²) in [6.07, 6.45) is 0.741. The number of hydrogen-bond donors (Lipinski definition) is 1. The highest BCUT2D eigenvalue weighted by molar-refractivity contribution is 6.03. The van der Waals surface area contributed by atoms with Gasteiger partial charge in [0.2, 0.25) is 5.75 Å². The largest absolute Gasteiger partial charge is 0.493 e. The number of amides is 1. The van der Waals surface area contributed by atoms with Crippen molar-refractivity contribution in [2.24, 2.45) is 0 Å². The number of nitrogens with zero attached hydrogens (tertiary/aromatic N) is 2. The average molecular weight is 347 g/mol. The van der Waals surface area contributed by atoms with Crippen molar-refractivity contribution in [3.8, 4) is 17.2 Å². The van der Waals surface area contributed by atoms with Crippen molar-refractivity contribution in [2.75, 3.05) is 26.6 Å². The molecule has 0 bridgehead atoms. The van der Waals surface area contributed by atoms with Gasteiger partial charge in [-0.15, -0.1) is 0 Å². The van der Waals surface area contributed by atoms with Crippen LogP contribution in [-0.4, -0.2) is 37.0 Å². The lowest BCUT2D eigenvalue weighted by atomic mass is 10.2. The number of hydrogen-bond acceptors (Lipinski definition) is 6. The first-order chi connectivity index (χ1) is 12.0.